The van der Waals surface area contributed by atoms with E-state index in [9.17, 15) is 4.79 Å². The van der Waals surface area contributed by atoms with Crippen molar-refractivity contribution in [2.45, 2.75) is 73.1 Å². The lowest BCUT2D eigenvalue weighted by molar-refractivity contribution is -0.114. The maximum atomic E-state index is 12.9. The van der Waals surface area contributed by atoms with Gasteiger partial charge in [0.25, 0.3) is 5.91 Å². The SMILES string of the molecule is CCCCCCCC1=NN2C(=N)C(=Cc3cc(C)n(-c4cccc(C)c4C)c3C)C(=O)N=C2S1. The third-order valence-corrected chi connectivity index (χ3v) is 7.55. The van der Waals surface area contributed by atoms with Crippen LogP contribution in [0.25, 0.3) is 11.8 Å². The summed E-state index contributed by atoms with van der Waals surface area (Å²) in [6.07, 6.45) is 8.62. The molecule has 7 heteroatoms. The molecule has 0 fully saturated rings. The molecule has 178 valence electrons. The molecule has 0 spiro atoms. The first-order valence-electron chi connectivity index (χ1n) is 12.1. The van der Waals surface area contributed by atoms with Gasteiger partial charge < -0.3 is 4.57 Å². The van der Waals surface area contributed by atoms with Gasteiger partial charge in [0, 0.05) is 17.1 Å². The molecule has 1 amide bonds. The number of unbranched alkanes of at least 4 members (excludes halogenated alkanes) is 4. The second-order valence-corrected chi connectivity index (χ2v) is 10.1. The van der Waals surface area contributed by atoms with Gasteiger partial charge in [0.15, 0.2) is 5.84 Å². The minimum atomic E-state index is -0.375. The van der Waals surface area contributed by atoms with E-state index in [0.717, 1.165) is 40.5 Å². The molecule has 0 saturated heterocycles. The average Bonchev–Trinajstić information content (AvgIpc) is 3.33. The second-order valence-electron chi connectivity index (χ2n) is 9.06. The van der Waals surface area contributed by atoms with Crippen molar-refractivity contribution in [1.29, 1.82) is 5.41 Å². The third-order valence-electron chi connectivity index (χ3n) is 6.58. The van der Waals surface area contributed by atoms with Crippen molar-refractivity contribution in [2.24, 2.45) is 10.1 Å². The van der Waals surface area contributed by atoms with Crippen molar-refractivity contribution in [3.05, 3.63) is 57.9 Å². The summed E-state index contributed by atoms with van der Waals surface area (Å²) in [5, 5.41) is 16.3. The van der Waals surface area contributed by atoms with Crippen molar-refractivity contribution in [3.8, 4) is 5.69 Å². The average molecular weight is 476 g/mol. The summed E-state index contributed by atoms with van der Waals surface area (Å²) in [6.45, 7) is 10.6. The first-order valence-corrected chi connectivity index (χ1v) is 12.9. The number of carbonyl (C=O) groups is 1. The van der Waals surface area contributed by atoms with Crippen LogP contribution in [0, 0.1) is 33.1 Å². The molecule has 6 nitrogen and oxygen atoms in total. The zero-order valence-corrected chi connectivity index (χ0v) is 21.6. The van der Waals surface area contributed by atoms with Gasteiger partial charge >= 0.3 is 0 Å². The molecule has 34 heavy (non-hydrogen) atoms. The van der Waals surface area contributed by atoms with E-state index in [0.29, 0.717) is 5.17 Å². The van der Waals surface area contributed by atoms with E-state index in [-0.39, 0.29) is 17.3 Å². The Morgan fingerprint density at radius 3 is 2.62 bits per heavy atom. The zero-order chi connectivity index (χ0) is 24.4. The number of nitrogens with zero attached hydrogens (tertiary/aromatic N) is 4. The molecular formula is C27H33N5OS. The number of nitrogens with one attached hydrogen (secondary N) is 1. The Balaban J connectivity index is 1.59. The van der Waals surface area contributed by atoms with Crippen molar-refractivity contribution < 1.29 is 4.79 Å². The minimum absolute atomic E-state index is 0.0972. The summed E-state index contributed by atoms with van der Waals surface area (Å²) >= 11 is 1.42. The summed E-state index contributed by atoms with van der Waals surface area (Å²) in [6, 6.07) is 8.36. The normalized spacial score (nSPS) is 16.9. The molecule has 4 rings (SSSR count). The Morgan fingerprint density at radius 1 is 1.09 bits per heavy atom. The Bertz CT molecular complexity index is 1230. The number of rotatable bonds is 8. The van der Waals surface area contributed by atoms with Gasteiger partial charge in [-0.1, -0.05) is 44.7 Å². The van der Waals surface area contributed by atoms with Crippen molar-refractivity contribution in [2.75, 3.05) is 0 Å². The second kappa shape index (κ2) is 10.1. The first-order chi connectivity index (χ1) is 16.3. The summed E-state index contributed by atoms with van der Waals surface area (Å²) in [4.78, 5) is 17.1. The Labute approximate surface area is 206 Å². The molecule has 2 aliphatic rings. The maximum absolute atomic E-state index is 12.9. The first kappa shape index (κ1) is 24.2. The van der Waals surface area contributed by atoms with Crippen molar-refractivity contribution in [3.63, 3.8) is 0 Å². The Kier molecular flexibility index (Phi) is 7.22. The van der Waals surface area contributed by atoms with E-state index in [2.05, 4.69) is 66.6 Å². The highest BCUT2D eigenvalue weighted by atomic mass is 32.2. The molecule has 0 unspecified atom stereocenters. The van der Waals surface area contributed by atoms with Crippen LogP contribution in [-0.4, -0.2) is 31.5 Å². The topological polar surface area (TPSA) is 73.8 Å². The van der Waals surface area contributed by atoms with E-state index < -0.39 is 0 Å². The van der Waals surface area contributed by atoms with E-state index >= 15 is 0 Å². The van der Waals surface area contributed by atoms with E-state index in [4.69, 9.17) is 5.41 Å². The lowest BCUT2D eigenvalue weighted by atomic mass is 10.1. The summed E-state index contributed by atoms with van der Waals surface area (Å²) in [5.74, 6) is -0.278. The number of thioether (sulfide) groups is 1. The lowest BCUT2D eigenvalue weighted by Gasteiger charge is -2.20. The Hall–Kier alpha value is -2.93. The third kappa shape index (κ3) is 4.67. The van der Waals surface area contributed by atoms with Crippen LogP contribution in [0.3, 0.4) is 0 Å². The zero-order valence-electron chi connectivity index (χ0n) is 20.7. The van der Waals surface area contributed by atoms with Gasteiger partial charge in [-0.2, -0.15) is 15.1 Å². The van der Waals surface area contributed by atoms with Gasteiger partial charge in [-0.05, 0) is 87.2 Å². The summed E-state index contributed by atoms with van der Waals surface area (Å²) < 4.78 is 2.21. The molecule has 2 aromatic rings. The van der Waals surface area contributed by atoms with Crippen molar-refractivity contribution in [1.82, 2.24) is 9.58 Å². The maximum Gasteiger partial charge on any atom is 0.283 e. The van der Waals surface area contributed by atoms with E-state index in [1.165, 1.54) is 53.6 Å². The number of hydrazone groups is 1. The van der Waals surface area contributed by atoms with Crippen LogP contribution in [0.2, 0.25) is 0 Å². The highest BCUT2D eigenvalue weighted by molar-refractivity contribution is 8.26. The van der Waals surface area contributed by atoms with Crippen LogP contribution in [0.5, 0.6) is 0 Å². The summed E-state index contributed by atoms with van der Waals surface area (Å²) in [7, 11) is 0. The van der Waals surface area contributed by atoms with Crippen LogP contribution in [0.15, 0.2) is 39.9 Å². The number of carbonyl (C=O) groups excluding carboxylic acids is 1. The molecule has 0 saturated carbocycles. The molecule has 3 heterocycles. The van der Waals surface area contributed by atoms with Crippen molar-refractivity contribution >= 4 is 39.8 Å². The Morgan fingerprint density at radius 2 is 1.85 bits per heavy atom. The number of amides is 1. The summed E-state index contributed by atoms with van der Waals surface area (Å²) in [5.41, 5.74) is 6.90. The van der Waals surface area contributed by atoms with Gasteiger partial charge in [0.2, 0.25) is 5.17 Å². The van der Waals surface area contributed by atoms with E-state index in [1.807, 2.05) is 6.92 Å². The fourth-order valence-corrected chi connectivity index (χ4v) is 5.38. The number of aromatic nitrogens is 1. The van der Waals surface area contributed by atoms with Crippen LogP contribution >= 0.6 is 11.8 Å². The molecule has 2 aliphatic heterocycles. The molecule has 1 aromatic heterocycles. The predicted molar refractivity (Wildman–Crippen MR) is 143 cm³/mol. The van der Waals surface area contributed by atoms with Gasteiger partial charge in [-0.25, -0.2) is 0 Å². The quantitative estimate of drug-likeness (QED) is 0.341. The largest absolute Gasteiger partial charge is 0.318 e. The fraction of sp³-hybridized carbons (Fsp3) is 0.407. The monoisotopic (exact) mass is 475 g/mol. The number of hydrogen-bond donors (Lipinski definition) is 1. The molecule has 1 N–H and O–H groups in total. The van der Waals surface area contributed by atoms with E-state index in [1.54, 1.807) is 6.08 Å². The minimum Gasteiger partial charge on any atom is -0.318 e. The number of aliphatic imine (C=N–C) groups is 1. The molecule has 0 aliphatic carbocycles. The number of fused-ring (bicyclic) bond motifs is 1. The highest BCUT2D eigenvalue weighted by Crippen LogP contribution is 2.32. The molecular weight excluding hydrogens is 442 g/mol. The smallest absolute Gasteiger partial charge is 0.283 e. The van der Waals surface area contributed by atoms with Gasteiger partial charge in [-0.3, -0.25) is 10.2 Å². The lowest BCUT2D eigenvalue weighted by Crippen LogP contribution is -2.35. The number of amidine groups is 2. The number of hydrogen-bond acceptors (Lipinski definition) is 4. The standard InChI is InChI=1S/C27H33N5OS/c1-6-7-8-9-10-14-24-30-32-25(28)22(26(33)29-27(32)34-24)16-21-15-18(3)31(20(21)5)23-13-11-12-17(2)19(23)4/h11-13,15-16,28H,6-10,14H2,1-5H3. The predicted octanol–water partition coefficient (Wildman–Crippen LogP) is 6.69. The van der Waals surface area contributed by atoms with Gasteiger partial charge in [0.1, 0.15) is 5.04 Å². The van der Waals surface area contributed by atoms with Crippen LogP contribution in [-0.2, 0) is 4.79 Å². The molecule has 0 radical (unpaired) electrons. The van der Waals surface area contributed by atoms with Crippen LogP contribution < -0.4 is 0 Å². The highest BCUT2D eigenvalue weighted by Gasteiger charge is 2.35. The van der Waals surface area contributed by atoms with Crippen LogP contribution in [0.4, 0.5) is 0 Å². The number of benzene rings is 1. The fourth-order valence-electron chi connectivity index (χ4n) is 4.45. The molecule has 0 bridgehead atoms. The molecule has 0 atom stereocenters. The van der Waals surface area contributed by atoms with Crippen LogP contribution in [0.1, 0.15) is 73.5 Å². The van der Waals surface area contributed by atoms with Gasteiger partial charge in [-0.15, -0.1) is 0 Å². The molecule has 1 aromatic carbocycles. The van der Waals surface area contributed by atoms with Gasteiger partial charge in [0.05, 0.1) is 5.57 Å². The number of aryl methyl sites for hydroxylation is 2.